The number of H-pyrrole nitrogens is 1. The first-order chi connectivity index (χ1) is 18.1. The Labute approximate surface area is 217 Å². The Morgan fingerprint density at radius 2 is 1.84 bits per heavy atom. The van der Waals surface area contributed by atoms with Gasteiger partial charge in [-0.15, -0.1) is 11.3 Å². The van der Waals surface area contributed by atoms with Crippen LogP contribution in [0.3, 0.4) is 0 Å². The van der Waals surface area contributed by atoms with Crippen LogP contribution in [-0.4, -0.2) is 22.5 Å². The first-order valence-corrected chi connectivity index (χ1v) is 13.3. The molecular weight excluding hydrogens is 480 g/mol. The third-order valence-electron chi connectivity index (χ3n) is 7.38. The minimum Gasteiger partial charge on any atom is -0.464 e. The van der Waals surface area contributed by atoms with E-state index in [9.17, 15) is 9.59 Å². The lowest BCUT2D eigenvalue weighted by Gasteiger charge is -2.13. The van der Waals surface area contributed by atoms with Gasteiger partial charge in [0.2, 0.25) is 0 Å². The fourth-order valence-corrected chi connectivity index (χ4v) is 6.88. The van der Waals surface area contributed by atoms with Gasteiger partial charge in [-0.3, -0.25) is 9.20 Å². The van der Waals surface area contributed by atoms with Gasteiger partial charge in [-0.25, -0.2) is 4.79 Å². The number of aromatic nitrogens is 2. The van der Waals surface area contributed by atoms with E-state index in [1.54, 1.807) is 10.5 Å². The molecule has 1 fully saturated rings. The highest BCUT2D eigenvalue weighted by atomic mass is 32.1. The summed E-state index contributed by atoms with van der Waals surface area (Å²) in [5.41, 5.74) is 5.48. The van der Waals surface area contributed by atoms with Crippen LogP contribution >= 0.6 is 11.3 Å². The van der Waals surface area contributed by atoms with E-state index < -0.39 is 5.97 Å². The van der Waals surface area contributed by atoms with Gasteiger partial charge < -0.3 is 9.72 Å². The van der Waals surface area contributed by atoms with E-state index in [0.717, 1.165) is 44.6 Å². The molecule has 37 heavy (non-hydrogen) atoms. The van der Waals surface area contributed by atoms with E-state index in [0.29, 0.717) is 18.0 Å². The van der Waals surface area contributed by atoms with Crippen LogP contribution in [-0.2, 0) is 11.2 Å². The highest BCUT2D eigenvalue weighted by Gasteiger charge is 2.33. The maximum Gasteiger partial charge on any atom is 0.356 e. The fourth-order valence-electron chi connectivity index (χ4n) is 5.49. The van der Waals surface area contributed by atoms with Gasteiger partial charge in [-0.1, -0.05) is 48.5 Å². The van der Waals surface area contributed by atoms with Gasteiger partial charge in [0.05, 0.1) is 12.0 Å². The average Bonchev–Trinajstić information content (AvgIpc) is 3.49. The minimum absolute atomic E-state index is 0.194. The SMILES string of the molecule is COC(=O)c1c(-c2ccc3[nH]ccc3c2)sc2c(C3CC3)c(Cc3cccc4ccccc34)cc(=O)n12. The van der Waals surface area contributed by atoms with E-state index in [1.807, 2.05) is 30.5 Å². The number of hydrogen-bond acceptors (Lipinski definition) is 4. The Morgan fingerprint density at radius 3 is 2.68 bits per heavy atom. The molecular formula is C31H24N2O3S. The number of esters is 1. The van der Waals surface area contributed by atoms with Crippen LogP contribution in [0.1, 0.15) is 45.9 Å². The normalized spacial score (nSPS) is 13.5. The number of pyridine rings is 1. The predicted molar refractivity (Wildman–Crippen MR) is 149 cm³/mol. The van der Waals surface area contributed by atoms with Crippen LogP contribution < -0.4 is 5.56 Å². The van der Waals surface area contributed by atoms with Crippen LogP contribution in [0, 0.1) is 0 Å². The maximum absolute atomic E-state index is 13.7. The van der Waals surface area contributed by atoms with E-state index in [2.05, 4.69) is 47.4 Å². The number of thiazole rings is 1. The van der Waals surface area contributed by atoms with Crippen molar-refractivity contribution in [1.82, 2.24) is 9.38 Å². The van der Waals surface area contributed by atoms with Gasteiger partial charge in [0.1, 0.15) is 4.83 Å². The number of aromatic amines is 1. The van der Waals surface area contributed by atoms with Crippen LogP contribution in [0.2, 0.25) is 0 Å². The molecule has 0 radical (unpaired) electrons. The lowest BCUT2D eigenvalue weighted by atomic mass is 9.95. The molecule has 182 valence electrons. The molecule has 6 aromatic rings. The standard InChI is InChI=1S/C31H24N2O3S/c1-36-31(35)28-29(22-11-12-25-21(16-22)13-14-32-25)37-30-27(19-9-10-19)23(17-26(34)33(28)30)15-20-7-4-6-18-5-2-3-8-24(18)20/h2-8,11-14,16-17,19,32H,9-10,15H2,1H3. The molecule has 3 aromatic carbocycles. The zero-order valence-electron chi connectivity index (χ0n) is 20.3. The third kappa shape index (κ3) is 3.59. The third-order valence-corrected chi connectivity index (χ3v) is 8.60. The Morgan fingerprint density at radius 1 is 1.00 bits per heavy atom. The van der Waals surface area contributed by atoms with Gasteiger partial charge in [-0.05, 0) is 81.8 Å². The number of nitrogens with one attached hydrogen (secondary N) is 1. The second-order valence-corrected chi connectivity index (χ2v) is 10.7. The zero-order chi connectivity index (χ0) is 25.1. The predicted octanol–water partition coefficient (Wildman–Crippen LogP) is 6.92. The van der Waals surface area contributed by atoms with Gasteiger partial charge in [0.15, 0.2) is 5.69 Å². The topological polar surface area (TPSA) is 63.6 Å². The number of ether oxygens (including phenoxy) is 1. The Kier molecular flexibility index (Phi) is 5.04. The van der Waals surface area contributed by atoms with Crippen molar-refractivity contribution in [1.29, 1.82) is 0 Å². The first-order valence-electron chi connectivity index (χ1n) is 12.5. The van der Waals surface area contributed by atoms with Gasteiger partial charge in [0, 0.05) is 17.8 Å². The van der Waals surface area contributed by atoms with Crippen molar-refractivity contribution in [3.63, 3.8) is 0 Å². The van der Waals surface area contributed by atoms with Crippen molar-refractivity contribution in [2.75, 3.05) is 7.11 Å². The molecule has 1 N–H and O–H groups in total. The highest BCUT2D eigenvalue weighted by Crippen LogP contribution is 2.47. The van der Waals surface area contributed by atoms with Crippen LogP contribution in [0.25, 0.3) is 36.9 Å². The molecule has 1 aliphatic rings. The summed E-state index contributed by atoms with van der Waals surface area (Å²) in [6, 6.07) is 24.5. The molecule has 0 unspecified atom stereocenters. The summed E-state index contributed by atoms with van der Waals surface area (Å²) in [4.78, 5) is 31.6. The summed E-state index contributed by atoms with van der Waals surface area (Å²) >= 11 is 1.52. The maximum atomic E-state index is 13.7. The van der Waals surface area contributed by atoms with Crippen molar-refractivity contribution in [2.45, 2.75) is 25.2 Å². The fraction of sp³-hybridized carbons (Fsp3) is 0.161. The van der Waals surface area contributed by atoms with E-state index in [-0.39, 0.29) is 5.56 Å². The van der Waals surface area contributed by atoms with Crippen LogP contribution in [0.5, 0.6) is 0 Å². The lowest BCUT2D eigenvalue weighted by molar-refractivity contribution is 0.0593. The largest absolute Gasteiger partial charge is 0.464 e. The number of hydrogen-bond donors (Lipinski definition) is 1. The van der Waals surface area contributed by atoms with Crippen molar-refractivity contribution in [3.05, 3.63) is 112 Å². The minimum atomic E-state index is -0.499. The molecule has 0 amide bonds. The highest BCUT2D eigenvalue weighted by molar-refractivity contribution is 7.21. The summed E-state index contributed by atoms with van der Waals surface area (Å²) in [6.45, 7) is 0. The summed E-state index contributed by atoms with van der Waals surface area (Å²) in [5.74, 6) is -0.106. The van der Waals surface area contributed by atoms with E-state index in [1.165, 1.54) is 40.3 Å². The molecule has 1 aliphatic carbocycles. The zero-order valence-corrected chi connectivity index (χ0v) is 21.1. The number of fused-ring (bicyclic) bond motifs is 3. The quantitative estimate of drug-likeness (QED) is 0.259. The number of nitrogens with zero attached hydrogens (tertiary/aromatic N) is 1. The van der Waals surface area contributed by atoms with Crippen LogP contribution in [0.4, 0.5) is 0 Å². The lowest BCUT2D eigenvalue weighted by Crippen LogP contribution is -2.20. The van der Waals surface area contributed by atoms with E-state index in [4.69, 9.17) is 4.74 Å². The molecule has 1 saturated carbocycles. The van der Waals surface area contributed by atoms with E-state index >= 15 is 0 Å². The molecule has 3 aromatic heterocycles. The molecule has 3 heterocycles. The number of carbonyl (C=O) groups is 1. The van der Waals surface area contributed by atoms with Crippen LogP contribution in [0.15, 0.2) is 83.8 Å². The second-order valence-electron chi connectivity index (χ2n) is 9.70. The molecule has 0 saturated heterocycles. The van der Waals surface area contributed by atoms with Gasteiger partial charge >= 0.3 is 5.97 Å². The molecule has 0 aliphatic heterocycles. The first kappa shape index (κ1) is 22.1. The Hall–Kier alpha value is -4.16. The second kappa shape index (κ2) is 8.46. The van der Waals surface area contributed by atoms with Gasteiger partial charge in [0.25, 0.3) is 5.56 Å². The molecule has 6 heteroatoms. The number of methoxy groups -OCH3 is 1. The monoisotopic (exact) mass is 504 g/mol. The number of carbonyl (C=O) groups excluding carboxylic acids is 1. The smallest absolute Gasteiger partial charge is 0.356 e. The number of rotatable bonds is 5. The van der Waals surface area contributed by atoms with Crippen molar-refractivity contribution in [3.8, 4) is 10.4 Å². The van der Waals surface area contributed by atoms with Crippen molar-refractivity contribution < 1.29 is 9.53 Å². The average molecular weight is 505 g/mol. The summed E-state index contributed by atoms with van der Waals surface area (Å²) < 4.78 is 6.77. The summed E-state index contributed by atoms with van der Waals surface area (Å²) in [7, 11) is 1.37. The molecule has 0 atom stereocenters. The van der Waals surface area contributed by atoms with Crippen molar-refractivity contribution >= 4 is 43.8 Å². The van der Waals surface area contributed by atoms with Gasteiger partial charge in [-0.2, -0.15) is 0 Å². The summed E-state index contributed by atoms with van der Waals surface area (Å²) in [5, 5.41) is 3.45. The Bertz CT molecular complexity index is 1900. The molecule has 0 spiro atoms. The molecule has 7 rings (SSSR count). The van der Waals surface area contributed by atoms with Crippen molar-refractivity contribution in [2.24, 2.45) is 0 Å². The molecule has 5 nitrogen and oxygen atoms in total. The summed E-state index contributed by atoms with van der Waals surface area (Å²) in [6.07, 6.45) is 4.75. The Balaban J connectivity index is 1.48. The molecule has 0 bridgehead atoms. The number of benzene rings is 3.